The molecule has 21 heavy (non-hydrogen) atoms. The number of thioether (sulfide) groups is 1. The van der Waals surface area contributed by atoms with Gasteiger partial charge in [-0.15, -0.1) is 0 Å². The second-order valence-electron chi connectivity index (χ2n) is 4.78. The lowest BCUT2D eigenvalue weighted by Crippen LogP contribution is -2.33. The van der Waals surface area contributed by atoms with E-state index < -0.39 is 12.0 Å². The molecule has 2 rings (SSSR count). The number of anilines is 1. The number of carboxylic acids is 1. The molecule has 1 atom stereocenters. The minimum Gasteiger partial charge on any atom is -0.497 e. The summed E-state index contributed by atoms with van der Waals surface area (Å²) in [5.41, 5.74) is 0.252. The molecule has 1 aromatic rings. The van der Waals surface area contributed by atoms with Gasteiger partial charge in [-0.1, -0.05) is 0 Å². The highest BCUT2D eigenvalue weighted by Crippen LogP contribution is 2.24. The molecule has 1 saturated heterocycles. The van der Waals surface area contributed by atoms with Crippen molar-refractivity contribution in [1.29, 1.82) is 0 Å². The third-order valence-corrected chi connectivity index (χ3v) is 4.51. The molecule has 1 unspecified atom stereocenters. The van der Waals surface area contributed by atoms with Crippen LogP contribution in [0.2, 0.25) is 0 Å². The van der Waals surface area contributed by atoms with Crippen LogP contribution in [-0.4, -0.2) is 42.3 Å². The number of amides is 2. The summed E-state index contributed by atoms with van der Waals surface area (Å²) in [4.78, 5) is 23.0. The maximum Gasteiger partial charge on any atom is 0.337 e. The van der Waals surface area contributed by atoms with Gasteiger partial charge in [-0.05, 0) is 36.0 Å². The van der Waals surface area contributed by atoms with E-state index in [1.54, 1.807) is 6.07 Å². The highest BCUT2D eigenvalue weighted by molar-refractivity contribution is 7.99. The van der Waals surface area contributed by atoms with Crippen molar-refractivity contribution < 1.29 is 19.4 Å². The van der Waals surface area contributed by atoms with Crippen LogP contribution in [0.25, 0.3) is 0 Å². The Morgan fingerprint density at radius 2 is 2.29 bits per heavy atom. The van der Waals surface area contributed by atoms with Crippen molar-refractivity contribution in [2.24, 2.45) is 5.92 Å². The summed E-state index contributed by atoms with van der Waals surface area (Å²) in [6.45, 7) is 0.602. The van der Waals surface area contributed by atoms with Crippen molar-refractivity contribution in [3.05, 3.63) is 23.8 Å². The highest BCUT2D eigenvalue weighted by atomic mass is 32.2. The Bertz CT molecular complexity index is 530. The lowest BCUT2D eigenvalue weighted by atomic mass is 10.1. The van der Waals surface area contributed by atoms with E-state index in [0.29, 0.717) is 18.2 Å². The fourth-order valence-corrected chi connectivity index (χ4v) is 3.37. The SMILES string of the molecule is COc1ccc(C(=O)O)c(NC(=O)NCC2CCSC2)c1. The predicted molar refractivity (Wildman–Crippen MR) is 82.4 cm³/mol. The predicted octanol–water partition coefficient (Wildman–Crippen LogP) is 2.27. The lowest BCUT2D eigenvalue weighted by Gasteiger charge is -2.13. The van der Waals surface area contributed by atoms with Crippen LogP contribution >= 0.6 is 11.8 Å². The van der Waals surface area contributed by atoms with Gasteiger partial charge in [-0.3, -0.25) is 0 Å². The maximum atomic E-state index is 11.9. The van der Waals surface area contributed by atoms with Gasteiger partial charge < -0.3 is 20.5 Å². The van der Waals surface area contributed by atoms with Gasteiger partial charge in [-0.25, -0.2) is 9.59 Å². The molecule has 0 radical (unpaired) electrons. The number of nitrogens with one attached hydrogen (secondary N) is 2. The number of aromatic carboxylic acids is 1. The minimum absolute atomic E-state index is 0.0300. The standard InChI is InChI=1S/C14H18N2O4S/c1-20-10-2-3-11(13(17)18)12(6-10)16-14(19)15-7-9-4-5-21-8-9/h2-3,6,9H,4-5,7-8H2,1H3,(H,17,18)(H2,15,16,19). The zero-order valence-electron chi connectivity index (χ0n) is 11.7. The van der Waals surface area contributed by atoms with E-state index in [1.165, 1.54) is 19.2 Å². The second-order valence-corrected chi connectivity index (χ2v) is 5.93. The molecule has 1 aromatic carbocycles. The Morgan fingerprint density at radius 3 is 2.90 bits per heavy atom. The number of carboxylic acid groups (broad SMARTS) is 1. The van der Waals surface area contributed by atoms with Gasteiger partial charge in [0.1, 0.15) is 5.75 Å². The Kier molecular flexibility index (Phi) is 5.32. The maximum absolute atomic E-state index is 11.9. The van der Waals surface area contributed by atoms with E-state index in [-0.39, 0.29) is 11.3 Å². The van der Waals surface area contributed by atoms with Crippen LogP contribution in [0.3, 0.4) is 0 Å². The summed E-state index contributed by atoms with van der Waals surface area (Å²) >= 11 is 1.88. The van der Waals surface area contributed by atoms with Crippen LogP contribution in [0.1, 0.15) is 16.8 Å². The molecule has 0 saturated carbocycles. The molecule has 1 aliphatic heterocycles. The number of hydrogen-bond donors (Lipinski definition) is 3. The van der Waals surface area contributed by atoms with Crippen LogP contribution in [-0.2, 0) is 0 Å². The third kappa shape index (κ3) is 4.29. The summed E-state index contributed by atoms with van der Waals surface area (Å²) in [7, 11) is 1.48. The Hall–Kier alpha value is -1.89. The topological polar surface area (TPSA) is 87.7 Å². The largest absolute Gasteiger partial charge is 0.497 e. The molecule has 1 fully saturated rings. The van der Waals surface area contributed by atoms with Gasteiger partial charge in [-0.2, -0.15) is 11.8 Å². The van der Waals surface area contributed by atoms with Crippen LogP contribution < -0.4 is 15.4 Å². The number of ether oxygens (including phenoxy) is 1. The number of rotatable bonds is 5. The first kappa shape index (κ1) is 15.5. The molecule has 6 nitrogen and oxygen atoms in total. The van der Waals surface area contributed by atoms with Crippen LogP contribution in [0.4, 0.5) is 10.5 Å². The molecule has 1 aliphatic rings. The number of carbonyl (C=O) groups is 2. The van der Waals surface area contributed by atoms with E-state index >= 15 is 0 Å². The van der Waals surface area contributed by atoms with E-state index in [4.69, 9.17) is 9.84 Å². The first-order valence-electron chi connectivity index (χ1n) is 6.64. The average Bonchev–Trinajstić information content (AvgIpc) is 2.98. The highest BCUT2D eigenvalue weighted by Gasteiger charge is 2.17. The summed E-state index contributed by atoms with van der Waals surface area (Å²) in [5.74, 6) is 2.07. The molecule has 7 heteroatoms. The van der Waals surface area contributed by atoms with Crippen molar-refractivity contribution in [1.82, 2.24) is 5.32 Å². The van der Waals surface area contributed by atoms with Gasteiger partial charge >= 0.3 is 12.0 Å². The van der Waals surface area contributed by atoms with Crippen LogP contribution in [0, 0.1) is 5.92 Å². The van der Waals surface area contributed by atoms with E-state index in [1.807, 2.05) is 11.8 Å². The van der Waals surface area contributed by atoms with E-state index in [9.17, 15) is 9.59 Å². The molecule has 0 aromatic heterocycles. The monoisotopic (exact) mass is 310 g/mol. The van der Waals surface area contributed by atoms with Gasteiger partial charge in [0.05, 0.1) is 18.4 Å². The summed E-state index contributed by atoms with van der Waals surface area (Å²) in [5, 5.41) is 14.5. The minimum atomic E-state index is -1.10. The fourth-order valence-electron chi connectivity index (χ4n) is 2.09. The van der Waals surface area contributed by atoms with E-state index in [0.717, 1.165) is 17.9 Å². The molecule has 114 valence electrons. The van der Waals surface area contributed by atoms with Crippen molar-refractivity contribution >= 4 is 29.4 Å². The van der Waals surface area contributed by atoms with E-state index in [2.05, 4.69) is 10.6 Å². The van der Waals surface area contributed by atoms with Crippen LogP contribution in [0.15, 0.2) is 18.2 Å². The van der Waals surface area contributed by atoms with Gasteiger partial charge in [0.25, 0.3) is 0 Å². The summed E-state index contributed by atoms with van der Waals surface area (Å²) in [6, 6.07) is 4.05. The molecular formula is C14H18N2O4S. The summed E-state index contributed by atoms with van der Waals surface area (Å²) in [6.07, 6.45) is 1.10. The molecule has 0 spiro atoms. The average molecular weight is 310 g/mol. The first-order chi connectivity index (χ1) is 10.1. The zero-order valence-corrected chi connectivity index (χ0v) is 12.5. The van der Waals surface area contributed by atoms with Gasteiger partial charge in [0.15, 0.2) is 0 Å². The van der Waals surface area contributed by atoms with Crippen molar-refractivity contribution in [2.45, 2.75) is 6.42 Å². The number of urea groups is 1. The first-order valence-corrected chi connectivity index (χ1v) is 7.79. The lowest BCUT2D eigenvalue weighted by molar-refractivity contribution is 0.0698. The smallest absolute Gasteiger partial charge is 0.337 e. The molecule has 3 N–H and O–H groups in total. The zero-order chi connectivity index (χ0) is 15.2. The van der Waals surface area contributed by atoms with Crippen LogP contribution in [0.5, 0.6) is 5.75 Å². The quantitative estimate of drug-likeness (QED) is 0.776. The summed E-state index contributed by atoms with van der Waals surface area (Å²) < 4.78 is 5.05. The third-order valence-electron chi connectivity index (χ3n) is 3.28. The molecule has 0 bridgehead atoms. The van der Waals surface area contributed by atoms with Gasteiger partial charge in [0.2, 0.25) is 0 Å². The van der Waals surface area contributed by atoms with Crippen molar-refractivity contribution in [3.8, 4) is 5.75 Å². The fraction of sp³-hybridized carbons (Fsp3) is 0.429. The second kappa shape index (κ2) is 7.21. The normalized spacial score (nSPS) is 17.3. The van der Waals surface area contributed by atoms with Crippen molar-refractivity contribution in [3.63, 3.8) is 0 Å². The number of carbonyl (C=O) groups excluding carboxylic acids is 1. The molecule has 1 heterocycles. The number of benzene rings is 1. The molecule has 2 amide bonds. The Morgan fingerprint density at radius 1 is 1.48 bits per heavy atom. The number of methoxy groups -OCH3 is 1. The van der Waals surface area contributed by atoms with Gasteiger partial charge in [0, 0.05) is 12.6 Å². The van der Waals surface area contributed by atoms with Crippen molar-refractivity contribution in [2.75, 3.05) is 30.5 Å². The molecule has 0 aliphatic carbocycles. The number of hydrogen-bond acceptors (Lipinski definition) is 4. The Balaban J connectivity index is 1.99. The molecular weight excluding hydrogens is 292 g/mol. The Labute approximate surface area is 127 Å².